The lowest BCUT2D eigenvalue weighted by Gasteiger charge is -2.42. The summed E-state index contributed by atoms with van der Waals surface area (Å²) in [5, 5.41) is 28.7. The highest BCUT2D eigenvalue weighted by atomic mass is 16.5. The van der Waals surface area contributed by atoms with Gasteiger partial charge in [-0.3, -0.25) is 9.69 Å². The second kappa shape index (κ2) is 6.11. The van der Waals surface area contributed by atoms with Crippen LogP contribution in [0.2, 0.25) is 5.82 Å². The van der Waals surface area contributed by atoms with Gasteiger partial charge >= 0.3 is 19.1 Å². The Morgan fingerprint density at radius 2 is 2.11 bits per heavy atom. The summed E-state index contributed by atoms with van der Waals surface area (Å²) in [5.74, 6) is -1.72. The lowest BCUT2D eigenvalue weighted by Crippen LogP contribution is -2.62. The number of rotatable bonds is 6. The largest absolute Gasteiger partial charge is 0.535 e. The van der Waals surface area contributed by atoms with E-state index in [0.29, 0.717) is 13.1 Å². The van der Waals surface area contributed by atoms with E-state index >= 15 is 0 Å². The van der Waals surface area contributed by atoms with Gasteiger partial charge in [-0.25, -0.2) is 4.79 Å². The van der Waals surface area contributed by atoms with Gasteiger partial charge in [0.25, 0.3) is 0 Å². The predicted molar refractivity (Wildman–Crippen MR) is 94.2 cm³/mol. The SMILES string of the molecule is CC(N)(CN1CC(Oc2ccc3c(c2C(=O)O)OB(O)[C@H]2C[C@@H]32)C1)C(=O)O. The second-order valence-electron chi connectivity index (χ2n) is 7.83. The fraction of sp³-hybridized carbons (Fsp3) is 0.529. The summed E-state index contributed by atoms with van der Waals surface area (Å²) in [5.41, 5.74) is 5.10. The van der Waals surface area contributed by atoms with Crippen LogP contribution in [0.1, 0.15) is 35.2 Å². The van der Waals surface area contributed by atoms with Crippen molar-refractivity contribution in [1.82, 2.24) is 4.90 Å². The van der Waals surface area contributed by atoms with Crippen LogP contribution in [0.3, 0.4) is 0 Å². The van der Waals surface area contributed by atoms with E-state index < -0.39 is 24.6 Å². The molecule has 1 aromatic rings. The van der Waals surface area contributed by atoms with Crippen LogP contribution in [0.25, 0.3) is 0 Å². The molecule has 0 aromatic heterocycles. The number of nitrogens with two attached hydrogens (primary N) is 1. The Balaban J connectivity index is 1.47. The third-order valence-electron chi connectivity index (χ3n) is 5.47. The summed E-state index contributed by atoms with van der Waals surface area (Å²) in [7, 11) is -0.992. The Kier molecular flexibility index (Phi) is 4.10. The summed E-state index contributed by atoms with van der Waals surface area (Å²) in [6, 6.07) is 3.43. The Hall–Kier alpha value is -2.30. The maximum absolute atomic E-state index is 11.8. The van der Waals surface area contributed by atoms with Crippen molar-refractivity contribution in [2.24, 2.45) is 5.73 Å². The van der Waals surface area contributed by atoms with Gasteiger partial charge in [-0.2, -0.15) is 0 Å². The zero-order valence-corrected chi connectivity index (χ0v) is 14.8. The van der Waals surface area contributed by atoms with E-state index in [1.165, 1.54) is 6.92 Å². The number of fused-ring (bicyclic) bond motifs is 3. The molecule has 0 radical (unpaired) electrons. The minimum atomic E-state index is -1.35. The smallest absolute Gasteiger partial charge is 0.526 e. The van der Waals surface area contributed by atoms with Gasteiger partial charge in [-0.15, -0.1) is 0 Å². The molecule has 1 aromatic carbocycles. The van der Waals surface area contributed by atoms with Crippen molar-refractivity contribution >= 4 is 19.1 Å². The van der Waals surface area contributed by atoms with Gasteiger partial charge in [0, 0.05) is 25.5 Å². The molecule has 144 valence electrons. The first-order chi connectivity index (χ1) is 12.7. The number of carboxylic acid groups (broad SMARTS) is 2. The summed E-state index contributed by atoms with van der Waals surface area (Å²) >= 11 is 0. The standard InChI is InChI=1S/C17H21BN2O7/c1-17(19,16(23)24)7-20-5-8(6-20)26-12-3-2-9-10-4-11(10)18(25)27-14(9)13(12)15(21)22/h2-3,8,10-11,25H,4-7,19H2,1H3,(H,21,22)(H,23,24)/t10-,11-,17?/m0/s1. The Morgan fingerprint density at radius 3 is 2.74 bits per heavy atom. The van der Waals surface area contributed by atoms with Crippen LogP contribution in [-0.4, -0.2) is 70.5 Å². The van der Waals surface area contributed by atoms with Crippen LogP contribution in [0, 0.1) is 0 Å². The summed E-state index contributed by atoms with van der Waals surface area (Å²) in [6.07, 6.45) is 0.514. The van der Waals surface area contributed by atoms with E-state index in [2.05, 4.69) is 0 Å². The number of carbonyl (C=O) groups is 2. The first-order valence-corrected chi connectivity index (χ1v) is 8.83. The van der Waals surface area contributed by atoms with Crippen LogP contribution < -0.4 is 15.1 Å². The maximum atomic E-state index is 11.8. The first-order valence-electron chi connectivity index (χ1n) is 8.83. The van der Waals surface area contributed by atoms with E-state index in [9.17, 15) is 19.7 Å². The average Bonchev–Trinajstić information content (AvgIpc) is 3.33. The lowest BCUT2D eigenvalue weighted by atomic mass is 9.77. The third kappa shape index (κ3) is 3.13. The molecular formula is C17H21BN2O7. The molecule has 0 spiro atoms. The molecule has 1 saturated heterocycles. The van der Waals surface area contributed by atoms with Crippen molar-refractivity contribution in [3.05, 3.63) is 23.3 Å². The van der Waals surface area contributed by atoms with Gasteiger partial charge in [0.1, 0.15) is 28.7 Å². The Bertz CT molecular complexity index is 809. The quantitative estimate of drug-likeness (QED) is 0.504. The number of benzene rings is 1. The molecule has 0 bridgehead atoms. The van der Waals surface area contributed by atoms with Crippen LogP contribution >= 0.6 is 0 Å². The Morgan fingerprint density at radius 1 is 1.41 bits per heavy atom. The number of hydrogen-bond donors (Lipinski definition) is 4. The number of ether oxygens (including phenoxy) is 1. The Labute approximate surface area is 155 Å². The van der Waals surface area contributed by atoms with Crippen molar-refractivity contribution in [2.45, 2.75) is 36.7 Å². The monoisotopic (exact) mass is 376 g/mol. The number of hydrogen-bond acceptors (Lipinski definition) is 7. The second-order valence-corrected chi connectivity index (χ2v) is 7.83. The molecule has 5 N–H and O–H groups in total. The van der Waals surface area contributed by atoms with Crippen LogP contribution in [0.5, 0.6) is 11.5 Å². The molecule has 10 heteroatoms. The van der Waals surface area contributed by atoms with E-state index in [-0.39, 0.29) is 41.4 Å². The average molecular weight is 376 g/mol. The van der Waals surface area contributed by atoms with E-state index in [1.807, 2.05) is 4.90 Å². The van der Waals surface area contributed by atoms with Crippen LogP contribution in [0.4, 0.5) is 0 Å². The topological polar surface area (TPSA) is 143 Å². The fourth-order valence-corrected chi connectivity index (χ4v) is 3.83. The van der Waals surface area contributed by atoms with E-state index in [1.54, 1.807) is 12.1 Å². The van der Waals surface area contributed by atoms with Crippen molar-refractivity contribution in [2.75, 3.05) is 19.6 Å². The highest BCUT2D eigenvalue weighted by Crippen LogP contribution is 2.60. The zero-order chi connectivity index (χ0) is 19.5. The molecule has 2 aliphatic heterocycles. The molecule has 2 heterocycles. The normalized spacial score (nSPS) is 26.1. The molecule has 27 heavy (non-hydrogen) atoms. The number of carboxylic acids is 2. The van der Waals surface area contributed by atoms with Gasteiger partial charge in [-0.1, -0.05) is 6.07 Å². The number of aliphatic carboxylic acids is 1. The summed E-state index contributed by atoms with van der Waals surface area (Å²) in [4.78, 5) is 24.7. The molecule has 3 aliphatic rings. The van der Waals surface area contributed by atoms with E-state index in [4.69, 9.17) is 20.2 Å². The molecule has 4 rings (SSSR count). The lowest BCUT2D eigenvalue weighted by molar-refractivity contribution is -0.144. The highest BCUT2D eigenvalue weighted by molar-refractivity contribution is 6.48. The molecule has 1 unspecified atom stereocenters. The third-order valence-corrected chi connectivity index (χ3v) is 5.47. The number of nitrogens with zero attached hydrogens (tertiary/aromatic N) is 1. The maximum Gasteiger partial charge on any atom is 0.526 e. The molecule has 9 nitrogen and oxygen atoms in total. The number of aromatic carboxylic acids is 1. The van der Waals surface area contributed by atoms with Crippen LogP contribution in [-0.2, 0) is 4.79 Å². The van der Waals surface area contributed by atoms with E-state index in [0.717, 1.165) is 12.0 Å². The van der Waals surface area contributed by atoms with Crippen molar-refractivity contribution in [3.8, 4) is 11.5 Å². The number of likely N-dealkylation sites (tertiary alicyclic amines) is 1. The first kappa shape index (κ1) is 18.1. The van der Waals surface area contributed by atoms with Crippen molar-refractivity contribution in [3.63, 3.8) is 0 Å². The molecule has 3 atom stereocenters. The zero-order valence-electron chi connectivity index (χ0n) is 14.8. The van der Waals surface area contributed by atoms with Gasteiger partial charge < -0.3 is 30.4 Å². The van der Waals surface area contributed by atoms with Crippen LogP contribution in [0.15, 0.2) is 12.1 Å². The van der Waals surface area contributed by atoms with Gasteiger partial charge in [-0.05, 0) is 30.9 Å². The molecular weight excluding hydrogens is 355 g/mol. The summed E-state index contributed by atoms with van der Waals surface area (Å²) < 4.78 is 11.3. The van der Waals surface area contributed by atoms with Crippen molar-refractivity contribution in [1.29, 1.82) is 0 Å². The molecule has 2 fully saturated rings. The minimum Gasteiger partial charge on any atom is -0.535 e. The minimum absolute atomic E-state index is 0.0333. The fourth-order valence-electron chi connectivity index (χ4n) is 3.83. The van der Waals surface area contributed by atoms with Gasteiger partial charge in [0.2, 0.25) is 0 Å². The van der Waals surface area contributed by atoms with Gasteiger partial charge in [0.05, 0.1) is 0 Å². The van der Waals surface area contributed by atoms with Gasteiger partial charge in [0.15, 0.2) is 0 Å². The molecule has 1 saturated carbocycles. The molecule has 0 amide bonds. The molecule has 1 aliphatic carbocycles. The van der Waals surface area contributed by atoms with Crippen molar-refractivity contribution < 1.29 is 34.2 Å². The highest BCUT2D eigenvalue weighted by Gasteiger charge is 2.54. The summed E-state index contributed by atoms with van der Waals surface area (Å²) in [6.45, 7) is 2.52. The predicted octanol–water partition coefficient (Wildman–Crippen LogP) is -0.0198.